The first-order valence-corrected chi connectivity index (χ1v) is 9.76. The Labute approximate surface area is 168 Å². The second kappa shape index (κ2) is 8.30. The van der Waals surface area contributed by atoms with Crippen molar-refractivity contribution in [3.63, 3.8) is 0 Å². The van der Waals surface area contributed by atoms with Crippen LogP contribution in [0.15, 0.2) is 53.8 Å². The molecule has 8 nitrogen and oxygen atoms in total. The van der Waals surface area contributed by atoms with E-state index in [2.05, 4.69) is 24.8 Å². The summed E-state index contributed by atoms with van der Waals surface area (Å²) in [6, 6.07) is 9.42. The number of aromatic amines is 1. The van der Waals surface area contributed by atoms with Gasteiger partial charge < -0.3 is 19.8 Å². The van der Waals surface area contributed by atoms with Gasteiger partial charge in [-0.25, -0.2) is 9.97 Å². The van der Waals surface area contributed by atoms with Gasteiger partial charge in [0.15, 0.2) is 0 Å². The second-order valence-corrected chi connectivity index (χ2v) is 7.32. The second-order valence-electron chi connectivity index (χ2n) is 7.32. The number of anilines is 2. The molecule has 0 spiro atoms. The van der Waals surface area contributed by atoms with E-state index < -0.39 is 0 Å². The van der Waals surface area contributed by atoms with Gasteiger partial charge in [-0.15, -0.1) is 0 Å². The third kappa shape index (κ3) is 4.53. The predicted molar refractivity (Wildman–Crippen MR) is 111 cm³/mol. The van der Waals surface area contributed by atoms with Crippen molar-refractivity contribution < 1.29 is 4.79 Å². The SMILES string of the molecule is Cc1nccn1Cc1ccc(NC(=O)C2CCN(c3cc(=O)[nH]cn3)CC2)cc1. The van der Waals surface area contributed by atoms with Gasteiger partial charge in [0.05, 0.1) is 6.33 Å². The Morgan fingerprint density at radius 1 is 1.21 bits per heavy atom. The van der Waals surface area contributed by atoms with Crippen molar-refractivity contribution in [1.29, 1.82) is 0 Å². The number of nitrogens with zero attached hydrogens (tertiary/aromatic N) is 4. The topological polar surface area (TPSA) is 95.9 Å². The van der Waals surface area contributed by atoms with E-state index >= 15 is 0 Å². The van der Waals surface area contributed by atoms with Gasteiger partial charge in [0.1, 0.15) is 11.6 Å². The molecule has 0 radical (unpaired) electrons. The molecule has 0 atom stereocenters. The van der Waals surface area contributed by atoms with Crippen molar-refractivity contribution in [2.45, 2.75) is 26.3 Å². The number of carbonyl (C=O) groups is 1. The van der Waals surface area contributed by atoms with Gasteiger partial charge in [-0.2, -0.15) is 0 Å². The van der Waals surface area contributed by atoms with Gasteiger partial charge >= 0.3 is 0 Å². The van der Waals surface area contributed by atoms with Crippen LogP contribution in [0.25, 0.3) is 0 Å². The lowest BCUT2D eigenvalue weighted by molar-refractivity contribution is -0.120. The fourth-order valence-corrected chi connectivity index (χ4v) is 3.61. The number of nitrogens with one attached hydrogen (secondary N) is 2. The number of rotatable bonds is 5. The average molecular weight is 392 g/mol. The van der Waals surface area contributed by atoms with Crippen LogP contribution < -0.4 is 15.8 Å². The van der Waals surface area contributed by atoms with Gasteiger partial charge in [-0.3, -0.25) is 9.59 Å². The fraction of sp³-hybridized carbons (Fsp3) is 0.333. The summed E-state index contributed by atoms with van der Waals surface area (Å²) < 4.78 is 2.08. The number of aryl methyl sites for hydroxylation is 1. The molecule has 0 saturated carbocycles. The number of carbonyl (C=O) groups excluding carboxylic acids is 1. The zero-order valence-corrected chi connectivity index (χ0v) is 16.3. The number of H-pyrrole nitrogens is 1. The van der Waals surface area contributed by atoms with E-state index in [0.717, 1.165) is 36.5 Å². The van der Waals surface area contributed by atoms with E-state index in [9.17, 15) is 9.59 Å². The summed E-state index contributed by atoms with van der Waals surface area (Å²) in [4.78, 5) is 37.1. The smallest absolute Gasteiger partial charge is 0.252 e. The molecule has 29 heavy (non-hydrogen) atoms. The lowest BCUT2D eigenvalue weighted by atomic mass is 9.95. The van der Waals surface area contributed by atoms with E-state index in [0.29, 0.717) is 18.9 Å². The molecule has 1 fully saturated rings. The highest BCUT2D eigenvalue weighted by atomic mass is 16.2. The molecule has 0 bridgehead atoms. The summed E-state index contributed by atoms with van der Waals surface area (Å²) in [5.74, 6) is 1.64. The summed E-state index contributed by atoms with van der Waals surface area (Å²) in [6.45, 7) is 4.15. The van der Waals surface area contributed by atoms with Crippen LogP contribution in [0.3, 0.4) is 0 Å². The summed E-state index contributed by atoms with van der Waals surface area (Å²) >= 11 is 0. The number of benzene rings is 1. The number of hydrogen-bond acceptors (Lipinski definition) is 5. The molecule has 2 N–H and O–H groups in total. The third-order valence-corrected chi connectivity index (χ3v) is 5.35. The van der Waals surface area contributed by atoms with Gasteiger partial charge in [0.2, 0.25) is 5.91 Å². The monoisotopic (exact) mass is 392 g/mol. The number of aromatic nitrogens is 4. The molecule has 2 aromatic heterocycles. The van der Waals surface area contributed by atoms with Gasteiger partial charge in [0, 0.05) is 49.7 Å². The molecule has 8 heteroatoms. The molecule has 1 saturated heterocycles. The Hall–Kier alpha value is -3.42. The van der Waals surface area contributed by atoms with E-state index in [1.165, 1.54) is 12.4 Å². The molecule has 150 valence electrons. The molecule has 1 aliphatic heterocycles. The fourth-order valence-electron chi connectivity index (χ4n) is 3.61. The Balaban J connectivity index is 1.30. The van der Waals surface area contributed by atoms with Crippen molar-refractivity contribution in [1.82, 2.24) is 19.5 Å². The zero-order chi connectivity index (χ0) is 20.2. The van der Waals surface area contributed by atoms with E-state index in [-0.39, 0.29) is 17.4 Å². The lowest BCUT2D eigenvalue weighted by Gasteiger charge is -2.31. The first-order valence-electron chi connectivity index (χ1n) is 9.76. The first kappa shape index (κ1) is 18.9. The maximum absolute atomic E-state index is 12.6. The highest BCUT2D eigenvalue weighted by molar-refractivity contribution is 5.92. The van der Waals surface area contributed by atoms with Crippen LogP contribution in [0, 0.1) is 12.8 Å². The number of imidazole rings is 1. The Kier molecular flexibility index (Phi) is 5.41. The number of hydrogen-bond donors (Lipinski definition) is 2. The minimum Gasteiger partial charge on any atom is -0.356 e. The summed E-state index contributed by atoms with van der Waals surface area (Å²) in [7, 11) is 0. The molecule has 4 rings (SSSR count). The van der Waals surface area contributed by atoms with Crippen molar-refractivity contribution in [3.8, 4) is 0 Å². The highest BCUT2D eigenvalue weighted by Crippen LogP contribution is 2.22. The van der Waals surface area contributed by atoms with E-state index in [1.807, 2.05) is 42.3 Å². The zero-order valence-electron chi connectivity index (χ0n) is 16.3. The quantitative estimate of drug-likeness (QED) is 0.694. The Bertz CT molecular complexity index is 1030. The highest BCUT2D eigenvalue weighted by Gasteiger charge is 2.25. The van der Waals surface area contributed by atoms with Crippen LogP contribution >= 0.6 is 0 Å². The minimum atomic E-state index is -0.165. The summed E-state index contributed by atoms with van der Waals surface area (Å²) in [5.41, 5.74) is 1.80. The first-order chi connectivity index (χ1) is 14.1. The van der Waals surface area contributed by atoms with Gasteiger partial charge in [0.25, 0.3) is 5.56 Å². The van der Waals surface area contributed by atoms with E-state index in [1.54, 1.807) is 6.20 Å². The lowest BCUT2D eigenvalue weighted by Crippen LogP contribution is -2.39. The molecular formula is C21H24N6O2. The Morgan fingerprint density at radius 2 is 1.97 bits per heavy atom. The normalized spacial score (nSPS) is 14.7. The van der Waals surface area contributed by atoms with Crippen molar-refractivity contribution in [3.05, 3.63) is 70.8 Å². The van der Waals surface area contributed by atoms with Crippen LogP contribution in [-0.2, 0) is 11.3 Å². The maximum Gasteiger partial charge on any atom is 0.252 e. The van der Waals surface area contributed by atoms with Crippen molar-refractivity contribution >= 4 is 17.4 Å². The van der Waals surface area contributed by atoms with Crippen LogP contribution in [0.4, 0.5) is 11.5 Å². The minimum absolute atomic E-state index is 0.0403. The largest absolute Gasteiger partial charge is 0.356 e. The average Bonchev–Trinajstić information content (AvgIpc) is 3.14. The van der Waals surface area contributed by atoms with Crippen LogP contribution in [0.2, 0.25) is 0 Å². The van der Waals surface area contributed by atoms with Crippen LogP contribution in [0.1, 0.15) is 24.2 Å². The molecule has 3 heterocycles. The van der Waals surface area contributed by atoms with E-state index in [4.69, 9.17) is 0 Å². The molecular weight excluding hydrogens is 368 g/mol. The van der Waals surface area contributed by atoms with Gasteiger partial charge in [-0.1, -0.05) is 12.1 Å². The molecule has 1 aliphatic rings. The molecule has 1 aromatic carbocycles. The molecule has 3 aromatic rings. The summed E-state index contributed by atoms with van der Waals surface area (Å²) in [5, 5.41) is 3.03. The summed E-state index contributed by atoms with van der Waals surface area (Å²) in [6.07, 6.45) is 6.63. The molecule has 0 aliphatic carbocycles. The number of amides is 1. The maximum atomic E-state index is 12.6. The van der Waals surface area contributed by atoms with Gasteiger partial charge in [-0.05, 0) is 37.5 Å². The number of piperidine rings is 1. The third-order valence-electron chi connectivity index (χ3n) is 5.35. The standard InChI is InChI=1S/C21H24N6O2/c1-15-22-8-11-27(15)13-16-2-4-18(5-3-16)25-21(29)17-6-9-26(10-7-17)19-12-20(28)24-14-23-19/h2-5,8,11-12,14,17H,6-7,9-10,13H2,1H3,(H,25,29)(H,23,24,28). The molecule has 1 amide bonds. The predicted octanol–water partition coefficient (Wildman–Crippen LogP) is 2.18. The van der Waals surface area contributed by atoms with Crippen molar-refractivity contribution in [2.75, 3.05) is 23.3 Å². The van der Waals surface area contributed by atoms with Crippen molar-refractivity contribution in [2.24, 2.45) is 5.92 Å². The van der Waals surface area contributed by atoms with Crippen LogP contribution in [0.5, 0.6) is 0 Å². The Morgan fingerprint density at radius 3 is 2.62 bits per heavy atom. The van der Waals surface area contributed by atoms with Crippen LogP contribution in [-0.4, -0.2) is 38.5 Å². The molecule has 0 unspecified atom stereocenters.